The molecule has 3 rings (SSSR count). The molecule has 0 aliphatic heterocycles. The van der Waals surface area contributed by atoms with Crippen LogP contribution in [0.15, 0.2) is 22.9 Å². The van der Waals surface area contributed by atoms with Crippen LogP contribution in [-0.2, 0) is 6.42 Å². The van der Waals surface area contributed by atoms with E-state index in [9.17, 15) is 0 Å². The number of nitrogens with zero attached hydrogens (tertiary/aromatic N) is 1. The normalized spacial score (nSPS) is 31.1. The summed E-state index contributed by atoms with van der Waals surface area (Å²) in [5.41, 5.74) is 1.35. The molecule has 1 aromatic rings. The molecule has 2 aliphatic carbocycles. The summed E-state index contributed by atoms with van der Waals surface area (Å²) < 4.78 is 1.09. The number of hydrogen-bond acceptors (Lipinski definition) is 2. The second-order valence-electron chi connectivity index (χ2n) is 5.72. The lowest BCUT2D eigenvalue weighted by Crippen LogP contribution is -2.34. The summed E-state index contributed by atoms with van der Waals surface area (Å²) in [6, 6.07) is 2.86. The van der Waals surface area contributed by atoms with Crippen LogP contribution >= 0.6 is 15.9 Å². The highest BCUT2D eigenvalue weighted by Crippen LogP contribution is 2.59. The van der Waals surface area contributed by atoms with Gasteiger partial charge in [-0.25, -0.2) is 0 Å². The molecule has 98 valence electrons. The zero-order valence-corrected chi connectivity index (χ0v) is 12.5. The molecule has 3 unspecified atom stereocenters. The Morgan fingerprint density at radius 3 is 2.83 bits per heavy atom. The van der Waals surface area contributed by atoms with Crippen molar-refractivity contribution in [2.45, 2.75) is 38.6 Å². The van der Waals surface area contributed by atoms with Gasteiger partial charge in [-0.2, -0.15) is 0 Å². The summed E-state index contributed by atoms with van der Waals surface area (Å²) in [7, 11) is 0. The molecule has 3 atom stereocenters. The molecular formula is C15H21BrN2. The zero-order chi connectivity index (χ0) is 12.5. The molecule has 1 aromatic heterocycles. The van der Waals surface area contributed by atoms with Crippen LogP contribution in [0.2, 0.25) is 0 Å². The minimum atomic E-state index is 0.654. The quantitative estimate of drug-likeness (QED) is 0.901. The third-order valence-electron chi connectivity index (χ3n) is 4.62. The van der Waals surface area contributed by atoms with E-state index in [1.807, 2.05) is 12.4 Å². The first-order valence-corrected chi connectivity index (χ1v) is 7.91. The lowest BCUT2D eigenvalue weighted by atomic mass is 9.98. The van der Waals surface area contributed by atoms with Gasteiger partial charge in [0.05, 0.1) is 0 Å². The Balaban J connectivity index is 1.67. The van der Waals surface area contributed by atoms with Gasteiger partial charge in [-0.1, -0.05) is 13.3 Å². The van der Waals surface area contributed by atoms with E-state index >= 15 is 0 Å². The van der Waals surface area contributed by atoms with Crippen LogP contribution in [-0.4, -0.2) is 17.6 Å². The summed E-state index contributed by atoms with van der Waals surface area (Å²) in [4.78, 5) is 4.27. The molecule has 0 saturated heterocycles. The minimum absolute atomic E-state index is 0.654. The van der Waals surface area contributed by atoms with E-state index in [0.29, 0.717) is 6.04 Å². The number of hydrogen-bond donors (Lipinski definition) is 1. The van der Waals surface area contributed by atoms with E-state index in [1.165, 1.54) is 24.8 Å². The molecule has 3 heteroatoms. The molecule has 0 bridgehead atoms. The monoisotopic (exact) mass is 308 g/mol. The van der Waals surface area contributed by atoms with Gasteiger partial charge < -0.3 is 5.32 Å². The lowest BCUT2D eigenvalue weighted by Gasteiger charge is -2.20. The second-order valence-corrected chi connectivity index (χ2v) is 6.63. The summed E-state index contributed by atoms with van der Waals surface area (Å²) >= 11 is 3.51. The highest BCUT2D eigenvalue weighted by Gasteiger charge is 2.55. The van der Waals surface area contributed by atoms with Crippen molar-refractivity contribution < 1.29 is 0 Å². The Labute approximate surface area is 118 Å². The van der Waals surface area contributed by atoms with Crippen LogP contribution in [0, 0.1) is 17.8 Å². The molecule has 2 saturated carbocycles. The summed E-state index contributed by atoms with van der Waals surface area (Å²) in [5.74, 6) is 2.97. The SMILES string of the molecule is CCNC(Cc1cncc(Br)c1)C1C2CCCC21. The van der Waals surface area contributed by atoms with Gasteiger partial charge in [0.2, 0.25) is 0 Å². The van der Waals surface area contributed by atoms with Crippen LogP contribution < -0.4 is 5.32 Å². The van der Waals surface area contributed by atoms with Gasteiger partial charge >= 0.3 is 0 Å². The van der Waals surface area contributed by atoms with Crippen molar-refractivity contribution in [3.63, 3.8) is 0 Å². The average molecular weight is 309 g/mol. The van der Waals surface area contributed by atoms with E-state index in [2.05, 4.69) is 39.2 Å². The molecule has 2 nitrogen and oxygen atoms in total. The smallest absolute Gasteiger partial charge is 0.0410 e. The molecule has 18 heavy (non-hydrogen) atoms. The molecule has 0 amide bonds. The predicted octanol–water partition coefficient (Wildman–Crippen LogP) is 3.41. The molecule has 0 spiro atoms. The fourth-order valence-electron chi connectivity index (χ4n) is 3.90. The highest BCUT2D eigenvalue weighted by atomic mass is 79.9. The van der Waals surface area contributed by atoms with Crippen molar-refractivity contribution in [3.05, 3.63) is 28.5 Å². The van der Waals surface area contributed by atoms with Crippen molar-refractivity contribution in [2.75, 3.05) is 6.54 Å². The van der Waals surface area contributed by atoms with Gasteiger partial charge in [0.25, 0.3) is 0 Å². The average Bonchev–Trinajstić information content (AvgIpc) is 2.81. The lowest BCUT2D eigenvalue weighted by molar-refractivity contribution is 0.410. The molecule has 2 aliphatic rings. The van der Waals surface area contributed by atoms with Crippen LogP contribution in [0.5, 0.6) is 0 Å². The van der Waals surface area contributed by atoms with Gasteiger partial charge in [0.15, 0.2) is 0 Å². The Morgan fingerprint density at radius 1 is 1.39 bits per heavy atom. The van der Waals surface area contributed by atoms with Crippen molar-refractivity contribution in [3.8, 4) is 0 Å². The van der Waals surface area contributed by atoms with E-state index in [4.69, 9.17) is 0 Å². The first-order chi connectivity index (χ1) is 8.79. The zero-order valence-electron chi connectivity index (χ0n) is 10.9. The van der Waals surface area contributed by atoms with E-state index in [0.717, 1.165) is 35.2 Å². The van der Waals surface area contributed by atoms with Gasteiger partial charge in [-0.3, -0.25) is 4.98 Å². The summed E-state index contributed by atoms with van der Waals surface area (Å²) in [6.07, 6.45) is 9.38. The number of likely N-dealkylation sites (N-methyl/N-ethyl adjacent to an activating group) is 1. The Hall–Kier alpha value is -0.410. The van der Waals surface area contributed by atoms with Crippen LogP contribution in [0.4, 0.5) is 0 Å². The first kappa shape index (κ1) is 12.6. The van der Waals surface area contributed by atoms with Crippen LogP contribution in [0.25, 0.3) is 0 Å². The van der Waals surface area contributed by atoms with E-state index in [1.54, 1.807) is 0 Å². The fourth-order valence-corrected chi connectivity index (χ4v) is 4.31. The number of fused-ring (bicyclic) bond motifs is 1. The Kier molecular flexibility index (Phi) is 3.71. The second kappa shape index (κ2) is 5.30. The van der Waals surface area contributed by atoms with Crippen molar-refractivity contribution in [1.29, 1.82) is 0 Å². The number of pyridine rings is 1. The number of nitrogens with one attached hydrogen (secondary N) is 1. The summed E-state index contributed by atoms with van der Waals surface area (Å²) in [5, 5.41) is 3.70. The van der Waals surface area contributed by atoms with Gasteiger partial charge in [0.1, 0.15) is 0 Å². The number of aromatic nitrogens is 1. The Bertz CT molecular complexity index is 411. The maximum Gasteiger partial charge on any atom is 0.0410 e. The minimum Gasteiger partial charge on any atom is -0.314 e. The van der Waals surface area contributed by atoms with Gasteiger partial charge in [-0.05, 0) is 71.1 Å². The van der Waals surface area contributed by atoms with Crippen molar-refractivity contribution >= 4 is 15.9 Å². The standard InChI is InChI=1S/C15H21BrN2/c1-2-18-14(15-12-4-3-5-13(12)15)7-10-6-11(16)9-17-8-10/h6,8-9,12-15,18H,2-5,7H2,1H3. The maximum atomic E-state index is 4.27. The van der Waals surface area contributed by atoms with Gasteiger partial charge in [0, 0.05) is 22.9 Å². The number of rotatable bonds is 5. The van der Waals surface area contributed by atoms with E-state index in [-0.39, 0.29) is 0 Å². The first-order valence-electron chi connectivity index (χ1n) is 7.12. The highest BCUT2D eigenvalue weighted by molar-refractivity contribution is 9.10. The maximum absolute atomic E-state index is 4.27. The van der Waals surface area contributed by atoms with E-state index < -0.39 is 0 Å². The number of halogens is 1. The third-order valence-corrected chi connectivity index (χ3v) is 5.05. The molecular weight excluding hydrogens is 288 g/mol. The van der Waals surface area contributed by atoms with Crippen LogP contribution in [0.1, 0.15) is 31.7 Å². The van der Waals surface area contributed by atoms with Crippen molar-refractivity contribution in [1.82, 2.24) is 10.3 Å². The third kappa shape index (κ3) is 2.48. The van der Waals surface area contributed by atoms with Gasteiger partial charge in [-0.15, -0.1) is 0 Å². The molecule has 0 aromatic carbocycles. The Morgan fingerprint density at radius 2 is 2.17 bits per heavy atom. The summed E-state index contributed by atoms with van der Waals surface area (Å²) in [6.45, 7) is 3.28. The fraction of sp³-hybridized carbons (Fsp3) is 0.667. The molecule has 1 N–H and O–H groups in total. The van der Waals surface area contributed by atoms with Crippen LogP contribution in [0.3, 0.4) is 0 Å². The predicted molar refractivity (Wildman–Crippen MR) is 77.4 cm³/mol. The largest absolute Gasteiger partial charge is 0.314 e. The topological polar surface area (TPSA) is 24.9 Å². The molecule has 2 fully saturated rings. The molecule has 0 radical (unpaired) electrons. The van der Waals surface area contributed by atoms with Crippen molar-refractivity contribution in [2.24, 2.45) is 17.8 Å². The molecule has 1 heterocycles.